The maximum absolute atomic E-state index is 10.9. The van der Waals surface area contributed by atoms with Gasteiger partial charge in [-0.3, -0.25) is 4.79 Å². The van der Waals surface area contributed by atoms with Crippen LogP contribution in [0.25, 0.3) is 10.7 Å². The SMILES string of the molecule is CC(=O)Nc1ccc(OCc2nc(-c3cccs3)no2)cc1. The van der Waals surface area contributed by atoms with E-state index in [4.69, 9.17) is 9.26 Å². The van der Waals surface area contributed by atoms with E-state index >= 15 is 0 Å². The van der Waals surface area contributed by atoms with Crippen molar-refractivity contribution in [3.05, 3.63) is 47.7 Å². The van der Waals surface area contributed by atoms with E-state index in [1.807, 2.05) is 17.5 Å². The van der Waals surface area contributed by atoms with Gasteiger partial charge in [0, 0.05) is 12.6 Å². The van der Waals surface area contributed by atoms with Gasteiger partial charge >= 0.3 is 0 Å². The van der Waals surface area contributed by atoms with E-state index in [0.29, 0.717) is 17.5 Å². The number of carbonyl (C=O) groups is 1. The molecule has 1 N–H and O–H groups in total. The third kappa shape index (κ3) is 3.50. The number of aromatic nitrogens is 2. The topological polar surface area (TPSA) is 77.2 Å². The third-order valence-electron chi connectivity index (χ3n) is 2.75. The molecule has 7 heteroatoms. The first-order valence-electron chi connectivity index (χ1n) is 6.57. The number of benzene rings is 1. The van der Waals surface area contributed by atoms with Gasteiger partial charge in [-0.1, -0.05) is 11.2 Å². The van der Waals surface area contributed by atoms with Crippen molar-refractivity contribution in [3.63, 3.8) is 0 Å². The summed E-state index contributed by atoms with van der Waals surface area (Å²) in [7, 11) is 0. The van der Waals surface area contributed by atoms with Crippen LogP contribution < -0.4 is 10.1 Å². The van der Waals surface area contributed by atoms with E-state index in [0.717, 1.165) is 10.6 Å². The van der Waals surface area contributed by atoms with Gasteiger partial charge in [-0.25, -0.2) is 0 Å². The minimum atomic E-state index is -0.111. The van der Waals surface area contributed by atoms with E-state index in [1.54, 1.807) is 35.6 Å². The molecular formula is C15H13N3O3S. The highest BCUT2D eigenvalue weighted by Crippen LogP contribution is 2.22. The number of rotatable bonds is 5. The van der Waals surface area contributed by atoms with Crippen molar-refractivity contribution in [2.75, 3.05) is 5.32 Å². The molecule has 0 aliphatic rings. The molecule has 2 aromatic heterocycles. The highest BCUT2D eigenvalue weighted by atomic mass is 32.1. The zero-order chi connectivity index (χ0) is 15.4. The lowest BCUT2D eigenvalue weighted by Gasteiger charge is -2.05. The second-order valence-electron chi connectivity index (χ2n) is 4.48. The van der Waals surface area contributed by atoms with E-state index in [2.05, 4.69) is 15.5 Å². The Kier molecular flexibility index (Phi) is 4.15. The van der Waals surface area contributed by atoms with Crippen LogP contribution in [0.3, 0.4) is 0 Å². The van der Waals surface area contributed by atoms with Crippen molar-refractivity contribution in [2.45, 2.75) is 13.5 Å². The normalized spacial score (nSPS) is 10.4. The quantitative estimate of drug-likeness (QED) is 0.781. The van der Waals surface area contributed by atoms with Crippen LogP contribution in [0.1, 0.15) is 12.8 Å². The molecule has 6 nitrogen and oxygen atoms in total. The predicted molar refractivity (Wildman–Crippen MR) is 82.7 cm³/mol. The van der Waals surface area contributed by atoms with Gasteiger partial charge in [-0.15, -0.1) is 11.3 Å². The Hall–Kier alpha value is -2.67. The molecule has 1 aromatic carbocycles. The molecule has 3 aromatic rings. The van der Waals surface area contributed by atoms with Gasteiger partial charge in [0.1, 0.15) is 5.75 Å². The van der Waals surface area contributed by atoms with Crippen molar-refractivity contribution in [1.82, 2.24) is 10.1 Å². The molecular weight excluding hydrogens is 302 g/mol. The molecule has 0 saturated heterocycles. The first kappa shape index (κ1) is 14.3. The molecule has 0 saturated carbocycles. The van der Waals surface area contributed by atoms with Crippen LogP contribution in [0.4, 0.5) is 5.69 Å². The molecule has 3 rings (SSSR count). The number of carbonyl (C=O) groups excluding carboxylic acids is 1. The summed E-state index contributed by atoms with van der Waals surface area (Å²) in [5.41, 5.74) is 0.720. The Balaban J connectivity index is 1.59. The maximum Gasteiger partial charge on any atom is 0.264 e. The van der Waals surface area contributed by atoms with Crippen LogP contribution in [-0.2, 0) is 11.4 Å². The van der Waals surface area contributed by atoms with Gasteiger partial charge in [0.15, 0.2) is 6.61 Å². The van der Waals surface area contributed by atoms with E-state index < -0.39 is 0 Å². The molecule has 0 aliphatic heterocycles. The summed E-state index contributed by atoms with van der Waals surface area (Å²) >= 11 is 1.55. The molecule has 0 fully saturated rings. The number of nitrogens with zero attached hydrogens (tertiary/aromatic N) is 2. The summed E-state index contributed by atoms with van der Waals surface area (Å²) in [4.78, 5) is 16.2. The van der Waals surface area contributed by atoms with Gasteiger partial charge in [-0.05, 0) is 35.7 Å². The lowest BCUT2D eigenvalue weighted by Crippen LogP contribution is -2.05. The van der Waals surface area contributed by atoms with E-state index in [1.165, 1.54) is 6.92 Å². The molecule has 0 spiro atoms. The Morgan fingerprint density at radius 3 is 2.82 bits per heavy atom. The molecule has 0 unspecified atom stereocenters. The second-order valence-corrected chi connectivity index (χ2v) is 5.43. The highest BCUT2D eigenvalue weighted by Gasteiger charge is 2.09. The molecule has 2 heterocycles. The summed E-state index contributed by atoms with van der Waals surface area (Å²) in [6.07, 6.45) is 0. The van der Waals surface area contributed by atoms with Gasteiger partial charge < -0.3 is 14.6 Å². The van der Waals surface area contributed by atoms with Crippen LogP contribution in [-0.4, -0.2) is 16.0 Å². The van der Waals surface area contributed by atoms with Crippen LogP contribution in [0.15, 0.2) is 46.3 Å². The molecule has 0 bridgehead atoms. The lowest BCUT2D eigenvalue weighted by molar-refractivity contribution is -0.114. The van der Waals surface area contributed by atoms with Crippen molar-refractivity contribution in [3.8, 4) is 16.5 Å². The summed E-state index contributed by atoms with van der Waals surface area (Å²) in [6.45, 7) is 1.66. The average molecular weight is 315 g/mol. The summed E-state index contributed by atoms with van der Waals surface area (Å²) in [5.74, 6) is 1.52. The Morgan fingerprint density at radius 2 is 2.14 bits per heavy atom. The first-order valence-corrected chi connectivity index (χ1v) is 7.45. The molecule has 112 valence electrons. The fourth-order valence-corrected chi connectivity index (χ4v) is 2.45. The van der Waals surface area contributed by atoms with Gasteiger partial charge in [0.05, 0.1) is 4.88 Å². The van der Waals surface area contributed by atoms with Crippen LogP contribution in [0.2, 0.25) is 0 Å². The van der Waals surface area contributed by atoms with Crippen LogP contribution in [0.5, 0.6) is 5.75 Å². The smallest absolute Gasteiger partial charge is 0.264 e. The molecule has 22 heavy (non-hydrogen) atoms. The lowest BCUT2D eigenvalue weighted by atomic mass is 10.3. The van der Waals surface area contributed by atoms with Crippen LogP contribution in [0, 0.1) is 0 Å². The third-order valence-corrected chi connectivity index (χ3v) is 3.61. The minimum absolute atomic E-state index is 0.111. The van der Waals surface area contributed by atoms with Gasteiger partial charge in [0.25, 0.3) is 5.89 Å². The van der Waals surface area contributed by atoms with Gasteiger partial charge in [-0.2, -0.15) is 4.98 Å². The maximum atomic E-state index is 10.9. The summed E-state index contributed by atoms with van der Waals surface area (Å²) in [6, 6.07) is 10.9. The minimum Gasteiger partial charge on any atom is -0.484 e. The first-order chi connectivity index (χ1) is 10.7. The Labute approximate surface area is 130 Å². The van der Waals surface area contributed by atoms with Crippen molar-refractivity contribution < 1.29 is 14.1 Å². The number of ether oxygens (including phenoxy) is 1. The average Bonchev–Trinajstić information content (AvgIpc) is 3.17. The van der Waals surface area contributed by atoms with Crippen molar-refractivity contribution in [1.29, 1.82) is 0 Å². The van der Waals surface area contributed by atoms with Gasteiger partial charge in [0.2, 0.25) is 11.7 Å². The second kappa shape index (κ2) is 6.40. The number of hydrogen-bond acceptors (Lipinski definition) is 6. The highest BCUT2D eigenvalue weighted by molar-refractivity contribution is 7.13. The number of amides is 1. The molecule has 1 amide bonds. The van der Waals surface area contributed by atoms with E-state index in [9.17, 15) is 4.79 Å². The Bertz CT molecular complexity index is 751. The monoisotopic (exact) mass is 315 g/mol. The number of nitrogens with one attached hydrogen (secondary N) is 1. The largest absolute Gasteiger partial charge is 0.484 e. The molecule has 0 radical (unpaired) electrons. The van der Waals surface area contributed by atoms with Crippen LogP contribution >= 0.6 is 11.3 Å². The number of thiophene rings is 1. The molecule has 0 atom stereocenters. The molecule has 0 aliphatic carbocycles. The number of anilines is 1. The zero-order valence-corrected chi connectivity index (χ0v) is 12.6. The predicted octanol–water partition coefficient (Wildman–Crippen LogP) is 3.34. The van der Waals surface area contributed by atoms with E-state index in [-0.39, 0.29) is 12.5 Å². The van der Waals surface area contributed by atoms with Crippen molar-refractivity contribution in [2.24, 2.45) is 0 Å². The fraction of sp³-hybridized carbons (Fsp3) is 0.133. The Morgan fingerprint density at radius 1 is 1.32 bits per heavy atom. The number of hydrogen-bond donors (Lipinski definition) is 1. The fourth-order valence-electron chi connectivity index (χ4n) is 1.80. The van der Waals surface area contributed by atoms with Crippen molar-refractivity contribution >= 4 is 22.9 Å². The summed E-state index contributed by atoms with van der Waals surface area (Å²) < 4.78 is 10.7. The summed E-state index contributed by atoms with van der Waals surface area (Å²) in [5, 5.41) is 8.56. The standard InChI is InChI=1S/C15H13N3O3S/c1-10(19)16-11-4-6-12(7-5-11)20-9-14-17-15(18-21-14)13-3-2-8-22-13/h2-8H,9H2,1H3,(H,16,19). The zero-order valence-electron chi connectivity index (χ0n) is 11.8.